The van der Waals surface area contributed by atoms with Crippen LogP contribution in [0.3, 0.4) is 0 Å². The molecule has 0 fully saturated rings. The Morgan fingerprint density at radius 3 is 2.38 bits per heavy atom. The van der Waals surface area contributed by atoms with Gasteiger partial charge in [-0.15, -0.1) is 0 Å². The van der Waals surface area contributed by atoms with Gasteiger partial charge in [0, 0.05) is 6.08 Å². The lowest BCUT2D eigenvalue weighted by Crippen LogP contribution is -2.22. The van der Waals surface area contributed by atoms with Gasteiger partial charge in [0.2, 0.25) is 5.78 Å². The number of Topliss-reactive ketones (excluding diaryl/α,β-unsaturated/α-hetero) is 1. The van der Waals surface area contributed by atoms with Crippen LogP contribution in [0.15, 0.2) is 24.2 Å². The molecule has 0 amide bonds. The molecular weight excluding hydrogens is 170 g/mol. The van der Waals surface area contributed by atoms with E-state index >= 15 is 0 Å². The molecule has 1 aliphatic carbocycles. The zero-order chi connectivity index (χ0) is 9.42. The second-order valence-corrected chi connectivity index (χ2v) is 2.61. The molecule has 2 rings (SSSR count). The fraction of sp³-hybridized carbons (Fsp3) is 0. The van der Waals surface area contributed by atoms with Crippen LogP contribution in [0.2, 0.25) is 0 Å². The standard InChI is InChI=1S/C8H5N3O2/c9-6-1-7(12)4-2-10-11-3-5(4)8(6)13/h1-3H,9H2. The number of allylic oxidation sites excluding steroid dienone is 2. The van der Waals surface area contributed by atoms with Gasteiger partial charge >= 0.3 is 0 Å². The average molecular weight is 175 g/mol. The lowest BCUT2D eigenvalue weighted by molar-refractivity contribution is 0.0982. The van der Waals surface area contributed by atoms with Crippen LogP contribution in [0.4, 0.5) is 0 Å². The first kappa shape index (κ1) is 7.60. The first-order valence-corrected chi connectivity index (χ1v) is 3.57. The van der Waals surface area contributed by atoms with Crippen LogP contribution in [0.1, 0.15) is 20.7 Å². The molecule has 1 heterocycles. The van der Waals surface area contributed by atoms with Gasteiger partial charge in [0.25, 0.3) is 0 Å². The molecule has 1 aliphatic rings. The second-order valence-electron chi connectivity index (χ2n) is 2.61. The molecule has 2 N–H and O–H groups in total. The summed E-state index contributed by atoms with van der Waals surface area (Å²) in [6, 6.07) is 0. The summed E-state index contributed by atoms with van der Waals surface area (Å²) in [6.07, 6.45) is 3.61. The third kappa shape index (κ3) is 1.01. The predicted octanol–water partition coefficient (Wildman–Crippen LogP) is -0.302. The van der Waals surface area contributed by atoms with Crippen LogP contribution in [0, 0.1) is 0 Å². The number of fused-ring (bicyclic) bond motifs is 1. The third-order valence-corrected chi connectivity index (χ3v) is 1.79. The third-order valence-electron chi connectivity index (χ3n) is 1.79. The van der Waals surface area contributed by atoms with Crippen molar-refractivity contribution in [3.8, 4) is 0 Å². The van der Waals surface area contributed by atoms with Crippen molar-refractivity contribution in [2.45, 2.75) is 0 Å². The summed E-state index contributed by atoms with van der Waals surface area (Å²) in [4.78, 5) is 22.6. The van der Waals surface area contributed by atoms with Gasteiger partial charge in [-0.25, -0.2) is 0 Å². The van der Waals surface area contributed by atoms with Gasteiger partial charge in [-0.05, 0) is 0 Å². The van der Waals surface area contributed by atoms with Crippen LogP contribution in [0.25, 0.3) is 0 Å². The number of carbonyl (C=O) groups is 2. The van der Waals surface area contributed by atoms with Crippen LogP contribution in [0.5, 0.6) is 0 Å². The van der Waals surface area contributed by atoms with Gasteiger partial charge in [0.1, 0.15) is 0 Å². The van der Waals surface area contributed by atoms with Crippen molar-refractivity contribution in [3.63, 3.8) is 0 Å². The number of ketones is 2. The molecule has 0 unspecified atom stereocenters. The maximum atomic E-state index is 11.3. The molecule has 0 aromatic carbocycles. The Labute approximate surface area is 73.3 Å². The van der Waals surface area contributed by atoms with Gasteiger partial charge in [0.15, 0.2) is 5.78 Å². The van der Waals surface area contributed by atoms with E-state index < -0.39 is 0 Å². The van der Waals surface area contributed by atoms with Gasteiger partial charge < -0.3 is 5.73 Å². The fourth-order valence-electron chi connectivity index (χ4n) is 1.14. The SMILES string of the molecule is NC1=CC(=O)c2cnncc2C1=O. The predicted molar refractivity (Wildman–Crippen MR) is 43.0 cm³/mol. The Bertz CT molecular complexity index is 437. The Kier molecular flexibility index (Phi) is 1.45. The largest absolute Gasteiger partial charge is 0.395 e. The number of aromatic nitrogens is 2. The fourth-order valence-corrected chi connectivity index (χ4v) is 1.14. The Hall–Kier alpha value is -2.04. The summed E-state index contributed by atoms with van der Waals surface area (Å²) in [5.74, 6) is -0.675. The highest BCUT2D eigenvalue weighted by Crippen LogP contribution is 2.16. The maximum Gasteiger partial charge on any atom is 0.211 e. The summed E-state index contributed by atoms with van der Waals surface area (Å²) in [5.41, 5.74) is 5.76. The molecule has 1 aromatic heterocycles. The molecule has 1 aromatic rings. The Morgan fingerprint density at radius 1 is 1.08 bits per heavy atom. The van der Waals surface area contributed by atoms with Crippen LogP contribution in [-0.2, 0) is 0 Å². The van der Waals surface area contributed by atoms with Crippen molar-refractivity contribution in [3.05, 3.63) is 35.3 Å². The number of hydrogen-bond donors (Lipinski definition) is 1. The minimum atomic E-state index is -0.371. The van der Waals surface area contributed by atoms with Crippen LogP contribution >= 0.6 is 0 Å². The summed E-state index contributed by atoms with van der Waals surface area (Å²) < 4.78 is 0. The number of rotatable bonds is 0. The maximum absolute atomic E-state index is 11.3. The molecule has 13 heavy (non-hydrogen) atoms. The quantitative estimate of drug-likeness (QED) is 0.584. The van der Waals surface area contributed by atoms with E-state index in [0.717, 1.165) is 6.08 Å². The van der Waals surface area contributed by atoms with Gasteiger partial charge in [-0.2, -0.15) is 10.2 Å². The molecule has 0 radical (unpaired) electrons. The van der Waals surface area contributed by atoms with Gasteiger partial charge in [-0.3, -0.25) is 9.59 Å². The summed E-state index contributed by atoms with van der Waals surface area (Å²) in [5, 5.41) is 7.03. The molecule has 5 nitrogen and oxygen atoms in total. The van der Waals surface area contributed by atoms with Crippen molar-refractivity contribution in [1.29, 1.82) is 0 Å². The Balaban J connectivity index is 2.69. The van der Waals surface area contributed by atoms with E-state index in [0.29, 0.717) is 0 Å². The second kappa shape index (κ2) is 2.48. The lowest BCUT2D eigenvalue weighted by atomic mass is 9.96. The topological polar surface area (TPSA) is 85.9 Å². The number of nitrogens with two attached hydrogens (primary N) is 1. The van der Waals surface area contributed by atoms with E-state index in [1.54, 1.807) is 0 Å². The molecule has 0 spiro atoms. The minimum absolute atomic E-state index is 0.0505. The zero-order valence-electron chi connectivity index (χ0n) is 6.52. The van der Waals surface area contributed by atoms with Crippen molar-refractivity contribution >= 4 is 11.6 Å². The number of nitrogens with zero attached hydrogens (tertiary/aromatic N) is 2. The highest BCUT2D eigenvalue weighted by Gasteiger charge is 2.23. The summed E-state index contributed by atoms with van der Waals surface area (Å²) in [6.45, 7) is 0. The molecule has 0 aliphatic heterocycles. The molecule has 0 bridgehead atoms. The molecular formula is C8H5N3O2. The molecule has 5 heteroatoms. The van der Waals surface area contributed by atoms with Crippen molar-refractivity contribution in [2.24, 2.45) is 5.73 Å². The highest BCUT2D eigenvalue weighted by molar-refractivity contribution is 6.23. The van der Waals surface area contributed by atoms with E-state index in [1.807, 2.05) is 0 Å². The average Bonchev–Trinajstić information content (AvgIpc) is 2.15. The van der Waals surface area contributed by atoms with Gasteiger partial charge in [0.05, 0.1) is 29.2 Å². The first-order chi connectivity index (χ1) is 6.20. The van der Waals surface area contributed by atoms with Crippen molar-refractivity contribution < 1.29 is 9.59 Å². The molecule has 0 atom stereocenters. The van der Waals surface area contributed by atoms with Gasteiger partial charge in [-0.1, -0.05) is 0 Å². The monoisotopic (exact) mass is 175 g/mol. The smallest absolute Gasteiger partial charge is 0.211 e. The number of carbonyl (C=O) groups excluding carboxylic acids is 2. The zero-order valence-corrected chi connectivity index (χ0v) is 6.52. The van der Waals surface area contributed by atoms with Crippen molar-refractivity contribution in [2.75, 3.05) is 0 Å². The first-order valence-electron chi connectivity index (χ1n) is 3.57. The molecule has 64 valence electrons. The van der Waals surface area contributed by atoms with E-state index in [9.17, 15) is 9.59 Å². The van der Waals surface area contributed by atoms with E-state index in [2.05, 4.69) is 10.2 Å². The highest BCUT2D eigenvalue weighted by atomic mass is 16.1. The minimum Gasteiger partial charge on any atom is -0.395 e. The Morgan fingerprint density at radius 2 is 1.69 bits per heavy atom. The lowest BCUT2D eigenvalue weighted by Gasteiger charge is -2.09. The molecule has 0 saturated heterocycles. The summed E-state index contributed by atoms with van der Waals surface area (Å²) in [7, 11) is 0. The number of hydrogen-bond acceptors (Lipinski definition) is 5. The van der Waals surface area contributed by atoms with E-state index in [-0.39, 0.29) is 28.4 Å². The van der Waals surface area contributed by atoms with Crippen molar-refractivity contribution in [1.82, 2.24) is 10.2 Å². The normalized spacial score (nSPS) is 15.2. The van der Waals surface area contributed by atoms with Crippen LogP contribution < -0.4 is 5.73 Å². The van der Waals surface area contributed by atoms with E-state index in [1.165, 1.54) is 12.4 Å². The molecule has 0 saturated carbocycles. The summed E-state index contributed by atoms with van der Waals surface area (Å²) >= 11 is 0. The van der Waals surface area contributed by atoms with E-state index in [4.69, 9.17) is 5.73 Å². The van der Waals surface area contributed by atoms with Crippen LogP contribution in [-0.4, -0.2) is 21.8 Å².